The molecule has 0 saturated heterocycles. The lowest BCUT2D eigenvalue weighted by Crippen LogP contribution is -2.14. The maximum Gasteiger partial charge on any atom is 0.164 e. The molecule has 1 aliphatic rings. The summed E-state index contributed by atoms with van der Waals surface area (Å²) in [6, 6.07) is 79.8. The van der Waals surface area contributed by atoms with Crippen LogP contribution in [0.25, 0.3) is 123 Å². The highest BCUT2D eigenvalue weighted by Gasteiger charge is 2.35. The zero-order valence-electron chi connectivity index (χ0n) is 37.6. The summed E-state index contributed by atoms with van der Waals surface area (Å²) in [7, 11) is 0. The molecule has 0 fully saturated rings. The Morgan fingerprint density at radius 2 is 0.838 bits per heavy atom. The molecule has 0 bridgehead atoms. The number of fused-ring (bicyclic) bond motifs is 8. The predicted molar refractivity (Wildman–Crippen MR) is 280 cm³/mol. The van der Waals surface area contributed by atoms with Crippen LogP contribution in [-0.2, 0) is 5.41 Å². The third-order valence-corrected chi connectivity index (χ3v) is 13.9. The summed E-state index contributed by atoms with van der Waals surface area (Å²) in [5, 5.41) is 4.40. The average Bonchev–Trinajstić information content (AvgIpc) is 3.90. The van der Waals surface area contributed by atoms with Gasteiger partial charge in [-0.05, 0) is 114 Å². The largest absolute Gasteiger partial charge is 0.455 e. The maximum absolute atomic E-state index is 6.72. The van der Waals surface area contributed by atoms with Crippen molar-refractivity contribution in [2.45, 2.75) is 19.3 Å². The van der Waals surface area contributed by atoms with E-state index in [9.17, 15) is 0 Å². The van der Waals surface area contributed by atoms with Gasteiger partial charge < -0.3 is 4.42 Å². The second kappa shape index (κ2) is 15.7. The van der Waals surface area contributed by atoms with Crippen LogP contribution in [0.5, 0.6) is 0 Å². The van der Waals surface area contributed by atoms with Crippen molar-refractivity contribution in [2.75, 3.05) is 0 Å². The Labute approximate surface area is 394 Å². The zero-order chi connectivity index (χ0) is 45.3. The van der Waals surface area contributed by atoms with Crippen LogP contribution in [0.2, 0.25) is 0 Å². The minimum atomic E-state index is -0.0909. The molecule has 10 aromatic carbocycles. The molecule has 13 rings (SSSR count). The third kappa shape index (κ3) is 6.64. The number of hydrogen-bond donors (Lipinski definition) is 0. The Balaban J connectivity index is 0.944. The van der Waals surface area contributed by atoms with Crippen molar-refractivity contribution in [3.8, 4) is 89.8 Å². The smallest absolute Gasteiger partial charge is 0.164 e. The van der Waals surface area contributed by atoms with Gasteiger partial charge in [0.1, 0.15) is 11.2 Å². The van der Waals surface area contributed by atoms with Crippen molar-refractivity contribution in [3.63, 3.8) is 0 Å². The van der Waals surface area contributed by atoms with E-state index in [-0.39, 0.29) is 5.41 Å². The first-order valence-electron chi connectivity index (χ1n) is 23.2. The summed E-state index contributed by atoms with van der Waals surface area (Å²) in [4.78, 5) is 15.6. The summed E-state index contributed by atoms with van der Waals surface area (Å²) in [6.45, 7) is 4.69. The van der Waals surface area contributed by atoms with Gasteiger partial charge >= 0.3 is 0 Å². The van der Waals surface area contributed by atoms with Crippen LogP contribution in [0.3, 0.4) is 0 Å². The molecule has 1 aliphatic carbocycles. The molecule has 4 heteroatoms. The molecule has 0 amide bonds. The van der Waals surface area contributed by atoms with Crippen LogP contribution >= 0.6 is 0 Å². The van der Waals surface area contributed by atoms with Gasteiger partial charge in [0.25, 0.3) is 0 Å². The van der Waals surface area contributed by atoms with E-state index in [1.807, 2.05) is 24.3 Å². The van der Waals surface area contributed by atoms with Crippen LogP contribution in [0.15, 0.2) is 229 Å². The van der Waals surface area contributed by atoms with Crippen LogP contribution in [0.1, 0.15) is 25.0 Å². The molecular weight excluding hydrogens is 827 g/mol. The number of nitrogens with zero attached hydrogens (tertiary/aromatic N) is 3. The molecule has 320 valence electrons. The van der Waals surface area contributed by atoms with Gasteiger partial charge in [-0.15, -0.1) is 0 Å². The summed E-state index contributed by atoms with van der Waals surface area (Å²) in [5.74, 6) is 1.80. The van der Waals surface area contributed by atoms with Crippen LogP contribution in [-0.4, -0.2) is 15.0 Å². The van der Waals surface area contributed by atoms with Crippen molar-refractivity contribution >= 4 is 32.7 Å². The minimum Gasteiger partial charge on any atom is -0.455 e. The van der Waals surface area contributed by atoms with Gasteiger partial charge in [-0.2, -0.15) is 0 Å². The standard InChI is InChI=1S/C64H43N3O/c1-64(2)56-25-15-14-24-52(56)53-32-30-46(39-57(53)64)49-35-47(40-16-6-3-7-17-40)34-48(36-49)41-26-28-45(29-27-41)62-65-61(44-21-10-5-11-22-44)66-63(67-62)50-37-54(42-18-8-4-9-19-42)60-55(38-50)59-51-23-13-12-20-43(51)31-33-58(59)68-60/h3-39H,1-2H3. The number of rotatable bonds is 7. The summed E-state index contributed by atoms with van der Waals surface area (Å²) >= 11 is 0. The van der Waals surface area contributed by atoms with Gasteiger partial charge in [-0.1, -0.05) is 196 Å². The molecule has 68 heavy (non-hydrogen) atoms. The van der Waals surface area contributed by atoms with Crippen molar-refractivity contribution in [1.29, 1.82) is 0 Å². The zero-order valence-corrected chi connectivity index (χ0v) is 37.6. The highest BCUT2D eigenvalue weighted by Crippen LogP contribution is 2.50. The first-order chi connectivity index (χ1) is 33.4. The molecule has 0 radical (unpaired) electrons. The van der Waals surface area contributed by atoms with Gasteiger partial charge in [0.15, 0.2) is 17.5 Å². The topological polar surface area (TPSA) is 51.8 Å². The van der Waals surface area contributed by atoms with Crippen molar-refractivity contribution in [1.82, 2.24) is 15.0 Å². The lowest BCUT2D eigenvalue weighted by Gasteiger charge is -2.22. The van der Waals surface area contributed by atoms with E-state index in [0.717, 1.165) is 71.7 Å². The quantitative estimate of drug-likeness (QED) is 0.160. The monoisotopic (exact) mass is 869 g/mol. The summed E-state index contributed by atoms with van der Waals surface area (Å²) in [6.07, 6.45) is 0. The molecule has 12 aromatic rings. The predicted octanol–water partition coefficient (Wildman–Crippen LogP) is 16.9. The average molecular weight is 870 g/mol. The number of furan rings is 1. The molecule has 0 unspecified atom stereocenters. The fourth-order valence-corrected chi connectivity index (χ4v) is 10.4. The van der Waals surface area contributed by atoms with E-state index in [2.05, 4.69) is 214 Å². The molecular formula is C64H43N3O. The molecule has 2 heterocycles. The number of benzene rings is 10. The van der Waals surface area contributed by atoms with E-state index in [1.54, 1.807) is 0 Å². The summed E-state index contributed by atoms with van der Waals surface area (Å²) in [5.41, 5.74) is 18.7. The maximum atomic E-state index is 6.72. The highest BCUT2D eigenvalue weighted by molar-refractivity contribution is 6.21. The molecule has 2 aromatic heterocycles. The van der Waals surface area contributed by atoms with E-state index in [0.29, 0.717) is 17.5 Å². The van der Waals surface area contributed by atoms with Crippen molar-refractivity contribution in [3.05, 3.63) is 236 Å². The molecule has 0 atom stereocenters. The van der Waals surface area contributed by atoms with E-state index >= 15 is 0 Å². The fraction of sp³-hybridized carbons (Fsp3) is 0.0469. The van der Waals surface area contributed by atoms with Gasteiger partial charge in [0.2, 0.25) is 0 Å². The third-order valence-electron chi connectivity index (χ3n) is 13.9. The number of aromatic nitrogens is 3. The fourth-order valence-electron chi connectivity index (χ4n) is 10.4. The van der Waals surface area contributed by atoms with Crippen molar-refractivity contribution < 1.29 is 4.42 Å². The minimum absolute atomic E-state index is 0.0909. The van der Waals surface area contributed by atoms with E-state index in [1.165, 1.54) is 44.5 Å². The van der Waals surface area contributed by atoms with Gasteiger partial charge in [0.05, 0.1) is 0 Å². The summed E-state index contributed by atoms with van der Waals surface area (Å²) < 4.78 is 6.72. The molecule has 4 nitrogen and oxygen atoms in total. The number of hydrogen-bond acceptors (Lipinski definition) is 4. The van der Waals surface area contributed by atoms with Gasteiger partial charge in [-0.25, -0.2) is 15.0 Å². The molecule has 0 spiro atoms. The van der Waals surface area contributed by atoms with Crippen LogP contribution < -0.4 is 0 Å². The second-order valence-corrected chi connectivity index (χ2v) is 18.4. The Kier molecular flexibility index (Phi) is 9.16. The van der Waals surface area contributed by atoms with Gasteiger partial charge in [0, 0.05) is 38.4 Å². The van der Waals surface area contributed by atoms with Crippen LogP contribution in [0.4, 0.5) is 0 Å². The van der Waals surface area contributed by atoms with Gasteiger partial charge in [-0.3, -0.25) is 0 Å². The molecule has 0 N–H and O–H groups in total. The Morgan fingerprint density at radius 3 is 1.54 bits per heavy atom. The van der Waals surface area contributed by atoms with Crippen molar-refractivity contribution in [2.24, 2.45) is 0 Å². The normalized spacial score (nSPS) is 12.7. The Hall–Kier alpha value is -8.73. The SMILES string of the molecule is CC1(C)c2ccccc2-c2ccc(-c3cc(-c4ccccc4)cc(-c4ccc(-c5nc(-c6ccccc6)nc(-c6cc(-c7ccccc7)c7oc8ccc9ccccc9c8c7c6)n5)cc4)c3)cc21. The lowest BCUT2D eigenvalue weighted by atomic mass is 9.81. The molecule has 0 saturated carbocycles. The molecule has 0 aliphatic heterocycles. The highest BCUT2D eigenvalue weighted by atomic mass is 16.3. The van der Waals surface area contributed by atoms with E-state index in [4.69, 9.17) is 19.4 Å². The second-order valence-electron chi connectivity index (χ2n) is 18.4. The first kappa shape index (κ1) is 39.6. The lowest BCUT2D eigenvalue weighted by molar-refractivity contribution is 0.660. The first-order valence-corrected chi connectivity index (χ1v) is 23.2. The van der Waals surface area contributed by atoms with Crippen LogP contribution in [0, 0.1) is 0 Å². The Bertz CT molecular complexity index is 3910. The Morgan fingerprint density at radius 1 is 0.324 bits per heavy atom. The van der Waals surface area contributed by atoms with E-state index < -0.39 is 0 Å².